The fourth-order valence-electron chi connectivity index (χ4n) is 2.04. The van der Waals surface area contributed by atoms with Crippen molar-refractivity contribution in [2.24, 2.45) is 0 Å². The van der Waals surface area contributed by atoms with Crippen molar-refractivity contribution in [3.63, 3.8) is 0 Å². The van der Waals surface area contributed by atoms with Crippen molar-refractivity contribution in [2.45, 2.75) is 6.61 Å². The summed E-state index contributed by atoms with van der Waals surface area (Å²) in [4.78, 5) is 11.8. The zero-order valence-corrected chi connectivity index (χ0v) is 13.4. The van der Waals surface area contributed by atoms with Gasteiger partial charge in [0.1, 0.15) is 6.61 Å². The number of halogens is 2. The molecule has 1 heterocycles. The van der Waals surface area contributed by atoms with E-state index in [2.05, 4.69) is 0 Å². The van der Waals surface area contributed by atoms with Crippen LogP contribution in [0.5, 0.6) is 11.5 Å². The van der Waals surface area contributed by atoms with E-state index in [1.807, 2.05) is 6.07 Å². The molecule has 1 aliphatic heterocycles. The van der Waals surface area contributed by atoms with Crippen molar-refractivity contribution < 1.29 is 19.0 Å². The first-order chi connectivity index (χ1) is 11.1. The molecule has 2 aromatic carbocycles. The van der Waals surface area contributed by atoms with Crippen LogP contribution < -0.4 is 9.47 Å². The molecule has 0 atom stereocenters. The van der Waals surface area contributed by atoms with Gasteiger partial charge in [-0.05, 0) is 35.9 Å². The molecule has 0 spiro atoms. The van der Waals surface area contributed by atoms with Crippen LogP contribution in [0.25, 0.3) is 6.08 Å². The molecule has 0 amide bonds. The molecule has 0 N–H and O–H groups in total. The fourth-order valence-corrected chi connectivity index (χ4v) is 2.55. The second-order valence-corrected chi connectivity index (χ2v) is 5.57. The number of benzene rings is 2. The normalized spacial score (nSPS) is 12.6. The van der Waals surface area contributed by atoms with Crippen LogP contribution >= 0.6 is 23.2 Å². The van der Waals surface area contributed by atoms with Crippen LogP contribution in [-0.4, -0.2) is 12.8 Å². The van der Waals surface area contributed by atoms with E-state index in [-0.39, 0.29) is 13.4 Å². The Labute approximate surface area is 143 Å². The molecule has 0 unspecified atom stereocenters. The quantitative estimate of drug-likeness (QED) is 0.602. The maximum Gasteiger partial charge on any atom is 0.331 e. The SMILES string of the molecule is O=C(/C=C/c1ccc2c(c1)OCO2)OCc1c(Cl)cccc1Cl. The Kier molecular flexibility index (Phi) is 4.74. The summed E-state index contributed by atoms with van der Waals surface area (Å²) in [6.45, 7) is 0.228. The third-order valence-corrected chi connectivity index (χ3v) is 3.94. The number of hydrogen-bond donors (Lipinski definition) is 0. The van der Waals surface area contributed by atoms with Gasteiger partial charge in [0.05, 0.1) is 0 Å². The van der Waals surface area contributed by atoms with E-state index in [0.717, 1.165) is 5.56 Å². The summed E-state index contributed by atoms with van der Waals surface area (Å²) < 4.78 is 15.7. The molecule has 0 saturated heterocycles. The molecule has 2 aromatic rings. The molecule has 6 heteroatoms. The van der Waals surface area contributed by atoms with E-state index in [0.29, 0.717) is 27.1 Å². The number of rotatable bonds is 4. The second kappa shape index (κ2) is 6.94. The van der Waals surface area contributed by atoms with E-state index in [1.165, 1.54) is 6.08 Å². The minimum absolute atomic E-state index is 0.0167. The Balaban J connectivity index is 1.61. The minimum Gasteiger partial charge on any atom is -0.458 e. The Morgan fingerprint density at radius 1 is 1.13 bits per heavy atom. The monoisotopic (exact) mass is 350 g/mol. The number of carbonyl (C=O) groups is 1. The Morgan fingerprint density at radius 3 is 2.65 bits per heavy atom. The van der Waals surface area contributed by atoms with Crippen molar-refractivity contribution in [3.8, 4) is 11.5 Å². The van der Waals surface area contributed by atoms with Gasteiger partial charge in [-0.3, -0.25) is 0 Å². The highest BCUT2D eigenvalue weighted by Gasteiger charge is 2.12. The lowest BCUT2D eigenvalue weighted by atomic mass is 10.2. The van der Waals surface area contributed by atoms with Gasteiger partial charge in [0.25, 0.3) is 0 Å². The summed E-state index contributed by atoms with van der Waals surface area (Å²) >= 11 is 12.0. The molecular weight excluding hydrogens is 339 g/mol. The third kappa shape index (κ3) is 3.78. The van der Waals surface area contributed by atoms with E-state index in [9.17, 15) is 4.79 Å². The number of carbonyl (C=O) groups excluding carboxylic acids is 1. The maximum absolute atomic E-state index is 11.8. The van der Waals surface area contributed by atoms with Crippen LogP contribution in [0.3, 0.4) is 0 Å². The van der Waals surface area contributed by atoms with Crippen LogP contribution in [0.1, 0.15) is 11.1 Å². The number of esters is 1. The van der Waals surface area contributed by atoms with E-state index in [1.54, 1.807) is 36.4 Å². The van der Waals surface area contributed by atoms with Gasteiger partial charge in [0.15, 0.2) is 11.5 Å². The zero-order valence-electron chi connectivity index (χ0n) is 11.9. The summed E-state index contributed by atoms with van der Waals surface area (Å²) in [5.74, 6) is 0.861. The van der Waals surface area contributed by atoms with Gasteiger partial charge < -0.3 is 14.2 Å². The minimum atomic E-state index is -0.487. The zero-order chi connectivity index (χ0) is 16.2. The first-order valence-corrected chi connectivity index (χ1v) is 7.56. The maximum atomic E-state index is 11.8. The topological polar surface area (TPSA) is 44.8 Å². The van der Waals surface area contributed by atoms with Crippen LogP contribution in [-0.2, 0) is 16.1 Å². The lowest BCUT2D eigenvalue weighted by molar-refractivity contribution is -0.138. The van der Waals surface area contributed by atoms with Gasteiger partial charge in [-0.15, -0.1) is 0 Å². The summed E-state index contributed by atoms with van der Waals surface area (Å²) in [6, 6.07) is 10.5. The lowest BCUT2D eigenvalue weighted by Gasteiger charge is -2.06. The van der Waals surface area contributed by atoms with Crippen LogP contribution in [0.4, 0.5) is 0 Å². The Bertz CT molecular complexity index is 751. The van der Waals surface area contributed by atoms with Crippen LogP contribution in [0, 0.1) is 0 Å². The molecule has 3 rings (SSSR count). The Morgan fingerprint density at radius 2 is 1.87 bits per heavy atom. The second-order valence-electron chi connectivity index (χ2n) is 4.75. The van der Waals surface area contributed by atoms with Crippen LogP contribution in [0.2, 0.25) is 10.0 Å². The van der Waals surface area contributed by atoms with Gasteiger partial charge in [0, 0.05) is 21.7 Å². The first-order valence-electron chi connectivity index (χ1n) is 6.81. The fraction of sp³-hybridized carbons (Fsp3) is 0.118. The van der Waals surface area contributed by atoms with Gasteiger partial charge in [-0.2, -0.15) is 0 Å². The number of fused-ring (bicyclic) bond motifs is 1. The molecule has 0 saturated carbocycles. The molecule has 0 fully saturated rings. The smallest absolute Gasteiger partial charge is 0.331 e. The van der Waals surface area contributed by atoms with Gasteiger partial charge in [0.2, 0.25) is 6.79 Å². The molecular formula is C17H12Cl2O4. The average Bonchev–Trinajstić information content (AvgIpc) is 3.00. The summed E-state index contributed by atoms with van der Waals surface area (Å²) in [5.41, 5.74) is 1.39. The first kappa shape index (κ1) is 15.7. The van der Waals surface area contributed by atoms with Crippen molar-refractivity contribution in [3.05, 3.63) is 63.6 Å². The largest absolute Gasteiger partial charge is 0.458 e. The van der Waals surface area contributed by atoms with E-state index < -0.39 is 5.97 Å². The third-order valence-electron chi connectivity index (χ3n) is 3.23. The molecule has 1 aliphatic rings. The molecule has 4 nitrogen and oxygen atoms in total. The summed E-state index contributed by atoms with van der Waals surface area (Å²) in [6.07, 6.45) is 2.97. The predicted molar refractivity (Wildman–Crippen MR) is 87.9 cm³/mol. The highest BCUT2D eigenvalue weighted by molar-refractivity contribution is 6.35. The average molecular weight is 351 g/mol. The van der Waals surface area contributed by atoms with Crippen molar-refractivity contribution >= 4 is 35.2 Å². The van der Waals surface area contributed by atoms with Crippen molar-refractivity contribution in [2.75, 3.05) is 6.79 Å². The summed E-state index contributed by atoms with van der Waals surface area (Å²) in [5, 5.41) is 0.926. The summed E-state index contributed by atoms with van der Waals surface area (Å²) in [7, 11) is 0. The van der Waals surface area contributed by atoms with Gasteiger partial charge in [-0.1, -0.05) is 35.3 Å². The van der Waals surface area contributed by atoms with Crippen molar-refractivity contribution in [1.29, 1.82) is 0 Å². The highest BCUT2D eigenvalue weighted by atomic mass is 35.5. The predicted octanol–water partition coefficient (Wildman–Crippen LogP) is 4.48. The number of hydrogen-bond acceptors (Lipinski definition) is 4. The van der Waals surface area contributed by atoms with E-state index in [4.69, 9.17) is 37.4 Å². The molecule has 118 valence electrons. The standard InChI is InChI=1S/C17H12Cl2O4/c18-13-2-1-3-14(19)12(13)9-21-17(20)7-5-11-4-6-15-16(8-11)23-10-22-15/h1-8H,9-10H2/b7-5+. The molecule has 23 heavy (non-hydrogen) atoms. The Hall–Kier alpha value is -2.17. The van der Waals surface area contributed by atoms with Crippen molar-refractivity contribution in [1.82, 2.24) is 0 Å². The van der Waals surface area contributed by atoms with Gasteiger partial charge >= 0.3 is 5.97 Å². The molecule has 0 radical (unpaired) electrons. The van der Waals surface area contributed by atoms with Gasteiger partial charge in [-0.25, -0.2) is 4.79 Å². The molecule has 0 bridgehead atoms. The van der Waals surface area contributed by atoms with E-state index >= 15 is 0 Å². The highest BCUT2D eigenvalue weighted by Crippen LogP contribution is 2.32. The lowest BCUT2D eigenvalue weighted by Crippen LogP contribution is -2.01. The number of ether oxygens (including phenoxy) is 3. The van der Waals surface area contributed by atoms with Crippen LogP contribution in [0.15, 0.2) is 42.5 Å². The molecule has 0 aromatic heterocycles. The molecule has 0 aliphatic carbocycles.